The molecule has 4 rings (SSSR count). The number of halogens is 1. The van der Waals surface area contributed by atoms with Crippen LogP contribution in [-0.4, -0.2) is 23.6 Å². The van der Waals surface area contributed by atoms with E-state index >= 15 is 0 Å². The maximum Gasteiger partial charge on any atom is 0.315 e. The van der Waals surface area contributed by atoms with E-state index in [4.69, 9.17) is 9.73 Å². The lowest BCUT2D eigenvalue weighted by atomic mass is 9.72. The maximum atomic E-state index is 13.2. The fourth-order valence-electron chi connectivity index (χ4n) is 4.62. The smallest absolute Gasteiger partial charge is 0.315 e. The third-order valence-electron chi connectivity index (χ3n) is 5.88. The SMILES string of the molecule is CC1=NC2=C(C(=O)CCC2)[C@H](c2cccc(Br)c2)C1C(=O)OC1CCCC1. The number of carbonyl (C=O) groups is 2. The number of rotatable bonds is 3. The minimum Gasteiger partial charge on any atom is -0.462 e. The summed E-state index contributed by atoms with van der Waals surface area (Å²) in [7, 11) is 0. The summed E-state index contributed by atoms with van der Waals surface area (Å²) in [5, 5.41) is 0. The van der Waals surface area contributed by atoms with E-state index in [1.807, 2.05) is 31.2 Å². The summed E-state index contributed by atoms with van der Waals surface area (Å²) in [6.07, 6.45) is 6.25. The van der Waals surface area contributed by atoms with Crippen molar-refractivity contribution in [1.29, 1.82) is 0 Å². The number of carbonyl (C=O) groups excluding carboxylic acids is 2. The Bertz CT molecular complexity index is 836. The number of Topliss-reactive ketones (excluding diaryl/α,β-unsaturated/α-hetero) is 1. The van der Waals surface area contributed by atoms with Gasteiger partial charge in [0.25, 0.3) is 0 Å². The standard InChI is InChI=1S/C22H24BrNO3/c1-13-19(22(26)27-16-8-2-3-9-16)20(14-6-4-7-15(23)12-14)21-17(24-13)10-5-11-18(21)25/h4,6-7,12,16,19-20H,2-3,5,8-11H2,1H3/t19?,20-/m1/s1. The number of hydrogen-bond donors (Lipinski definition) is 0. The predicted molar refractivity (Wildman–Crippen MR) is 108 cm³/mol. The van der Waals surface area contributed by atoms with E-state index in [1.54, 1.807) is 0 Å². The van der Waals surface area contributed by atoms with E-state index < -0.39 is 5.92 Å². The molecule has 1 aliphatic heterocycles. The summed E-state index contributed by atoms with van der Waals surface area (Å²) in [6, 6.07) is 7.91. The number of allylic oxidation sites excluding steroid dienone is 2. The largest absolute Gasteiger partial charge is 0.462 e. The third kappa shape index (κ3) is 3.66. The summed E-state index contributed by atoms with van der Waals surface area (Å²) in [6.45, 7) is 1.90. The van der Waals surface area contributed by atoms with E-state index in [2.05, 4.69) is 15.9 Å². The maximum absolute atomic E-state index is 13.2. The molecule has 2 atom stereocenters. The van der Waals surface area contributed by atoms with Crippen LogP contribution in [0, 0.1) is 5.92 Å². The molecule has 1 aromatic carbocycles. The molecule has 0 bridgehead atoms. The van der Waals surface area contributed by atoms with Crippen molar-refractivity contribution in [3.8, 4) is 0 Å². The lowest BCUT2D eigenvalue weighted by Gasteiger charge is -2.35. The Morgan fingerprint density at radius 1 is 1.19 bits per heavy atom. The van der Waals surface area contributed by atoms with Crippen molar-refractivity contribution in [1.82, 2.24) is 0 Å². The van der Waals surface area contributed by atoms with E-state index in [9.17, 15) is 9.59 Å². The molecule has 5 heteroatoms. The number of ether oxygens (including phenoxy) is 1. The zero-order valence-electron chi connectivity index (χ0n) is 15.5. The monoisotopic (exact) mass is 429 g/mol. The quantitative estimate of drug-likeness (QED) is 0.626. The lowest BCUT2D eigenvalue weighted by molar-refractivity contribution is -0.151. The molecule has 0 saturated heterocycles. The Morgan fingerprint density at radius 3 is 2.70 bits per heavy atom. The van der Waals surface area contributed by atoms with Gasteiger partial charge in [0.2, 0.25) is 0 Å². The summed E-state index contributed by atoms with van der Waals surface area (Å²) < 4.78 is 6.79. The molecule has 0 spiro atoms. The van der Waals surface area contributed by atoms with Crippen LogP contribution >= 0.6 is 15.9 Å². The van der Waals surface area contributed by atoms with E-state index in [-0.39, 0.29) is 23.8 Å². The average Bonchev–Trinajstić information content (AvgIpc) is 3.13. The van der Waals surface area contributed by atoms with Gasteiger partial charge in [0.1, 0.15) is 12.0 Å². The van der Waals surface area contributed by atoms with Crippen molar-refractivity contribution in [2.75, 3.05) is 0 Å². The molecule has 0 N–H and O–H groups in total. The Balaban J connectivity index is 1.76. The number of esters is 1. The summed E-state index contributed by atoms with van der Waals surface area (Å²) >= 11 is 3.53. The van der Waals surface area contributed by atoms with Crippen LogP contribution in [0.4, 0.5) is 0 Å². The molecule has 4 nitrogen and oxygen atoms in total. The summed E-state index contributed by atoms with van der Waals surface area (Å²) in [5.74, 6) is -0.952. The third-order valence-corrected chi connectivity index (χ3v) is 6.37. The Morgan fingerprint density at radius 2 is 1.96 bits per heavy atom. The lowest BCUT2D eigenvalue weighted by Crippen LogP contribution is -2.38. The van der Waals surface area contributed by atoms with Crippen molar-refractivity contribution < 1.29 is 14.3 Å². The van der Waals surface area contributed by atoms with Gasteiger partial charge in [0, 0.05) is 33.8 Å². The second-order valence-electron chi connectivity index (χ2n) is 7.74. The number of nitrogens with zero attached hydrogens (tertiary/aromatic N) is 1. The molecule has 0 amide bonds. The summed E-state index contributed by atoms with van der Waals surface area (Å²) in [4.78, 5) is 30.7. The first-order valence-corrected chi connectivity index (χ1v) is 10.6. The van der Waals surface area contributed by atoms with Crippen LogP contribution in [0.5, 0.6) is 0 Å². The van der Waals surface area contributed by atoms with Crippen LogP contribution in [0.2, 0.25) is 0 Å². The topological polar surface area (TPSA) is 55.7 Å². The van der Waals surface area contributed by atoms with Gasteiger partial charge in [-0.3, -0.25) is 14.6 Å². The van der Waals surface area contributed by atoms with Crippen LogP contribution in [-0.2, 0) is 14.3 Å². The van der Waals surface area contributed by atoms with Crippen molar-refractivity contribution >= 4 is 33.4 Å². The molecule has 1 heterocycles. The number of benzene rings is 1. The van der Waals surface area contributed by atoms with Gasteiger partial charge >= 0.3 is 5.97 Å². The molecular formula is C22H24BrNO3. The van der Waals surface area contributed by atoms with Crippen molar-refractivity contribution in [3.05, 3.63) is 45.6 Å². The highest BCUT2D eigenvalue weighted by atomic mass is 79.9. The number of hydrogen-bond acceptors (Lipinski definition) is 4. The van der Waals surface area contributed by atoms with Crippen LogP contribution in [0.3, 0.4) is 0 Å². The fraction of sp³-hybridized carbons (Fsp3) is 0.500. The number of aliphatic imine (C=N–C) groups is 1. The molecule has 0 aromatic heterocycles. The van der Waals surface area contributed by atoms with E-state index in [1.165, 1.54) is 0 Å². The summed E-state index contributed by atoms with van der Waals surface area (Å²) in [5.41, 5.74) is 3.31. The molecule has 27 heavy (non-hydrogen) atoms. The first-order valence-electron chi connectivity index (χ1n) is 9.82. The van der Waals surface area contributed by atoms with Crippen LogP contribution < -0.4 is 0 Å². The molecule has 0 radical (unpaired) electrons. The van der Waals surface area contributed by atoms with Gasteiger partial charge in [-0.25, -0.2) is 0 Å². The van der Waals surface area contributed by atoms with Crippen LogP contribution in [0.1, 0.15) is 63.4 Å². The van der Waals surface area contributed by atoms with Crippen molar-refractivity contribution in [2.45, 2.75) is 63.9 Å². The number of ketones is 1. The molecule has 1 unspecified atom stereocenters. The van der Waals surface area contributed by atoms with Gasteiger partial charge < -0.3 is 4.74 Å². The second-order valence-corrected chi connectivity index (χ2v) is 8.66. The minimum atomic E-state index is -0.527. The first-order chi connectivity index (χ1) is 13.0. The average molecular weight is 430 g/mol. The Labute approximate surface area is 168 Å². The van der Waals surface area contributed by atoms with Gasteiger partial charge in [-0.1, -0.05) is 28.1 Å². The van der Waals surface area contributed by atoms with Crippen molar-refractivity contribution in [3.63, 3.8) is 0 Å². The molecule has 142 valence electrons. The molecule has 1 aromatic rings. The Hall–Kier alpha value is -1.75. The Kier molecular flexibility index (Phi) is 5.31. The van der Waals surface area contributed by atoms with E-state index in [0.717, 1.165) is 65.5 Å². The molecule has 2 aliphatic carbocycles. The van der Waals surface area contributed by atoms with E-state index in [0.29, 0.717) is 6.42 Å². The zero-order valence-corrected chi connectivity index (χ0v) is 17.1. The predicted octanol–water partition coefficient (Wildman–Crippen LogP) is 5.12. The first kappa shape index (κ1) is 18.6. The van der Waals surface area contributed by atoms with Gasteiger partial charge in [-0.05, 0) is 63.1 Å². The van der Waals surface area contributed by atoms with Gasteiger partial charge in [0.05, 0.1) is 0 Å². The molecular weight excluding hydrogens is 406 g/mol. The van der Waals surface area contributed by atoms with Crippen LogP contribution in [0.25, 0.3) is 0 Å². The highest BCUT2D eigenvalue weighted by Gasteiger charge is 2.43. The zero-order chi connectivity index (χ0) is 19.0. The van der Waals surface area contributed by atoms with Crippen LogP contribution in [0.15, 0.2) is 45.0 Å². The molecule has 1 saturated carbocycles. The van der Waals surface area contributed by atoms with Gasteiger partial charge in [-0.2, -0.15) is 0 Å². The fourth-order valence-corrected chi connectivity index (χ4v) is 5.03. The van der Waals surface area contributed by atoms with Gasteiger partial charge in [-0.15, -0.1) is 0 Å². The second kappa shape index (κ2) is 7.70. The molecule has 1 fully saturated rings. The normalized spacial score (nSPS) is 26.0. The highest BCUT2D eigenvalue weighted by molar-refractivity contribution is 9.10. The van der Waals surface area contributed by atoms with Gasteiger partial charge in [0.15, 0.2) is 5.78 Å². The highest BCUT2D eigenvalue weighted by Crippen LogP contribution is 2.44. The molecule has 3 aliphatic rings. The van der Waals surface area contributed by atoms with Crippen molar-refractivity contribution in [2.24, 2.45) is 10.9 Å². The minimum absolute atomic E-state index is 0.00546.